The minimum atomic E-state index is -3.89. The predicted molar refractivity (Wildman–Crippen MR) is 129 cm³/mol. The third kappa shape index (κ3) is 4.90. The van der Waals surface area contributed by atoms with E-state index in [1.165, 1.54) is 50.9 Å². The first kappa shape index (κ1) is 24.0. The lowest BCUT2D eigenvalue weighted by Gasteiger charge is -2.29. The number of sulfonamides is 1. The van der Waals surface area contributed by atoms with Crippen LogP contribution in [-0.2, 0) is 14.8 Å². The summed E-state index contributed by atoms with van der Waals surface area (Å²) in [6, 6.07) is 9.74. The van der Waals surface area contributed by atoms with Crippen molar-refractivity contribution in [3.63, 3.8) is 0 Å². The van der Waals surface area contributed by atoms with Crippen LogP contribution in [0.3, 0.4) is 0 Å². The highest BCUT2D eigenvalue weighted by Crippen LogP contribution is 2.33. The van der Waals surface area contributed by atoms with Crippen LogP contribution in [0.15, 0.2) is 47.4 Å². The standard InChI is InChI=1S/C22H24ClFN4O3S2/c1-26(2)13-14-27(22-25-20-17(24)5-3-7-19(20)32-22)21(29)18-6-4-12-28(18)33(30,31)16-10-8-15(23)9-11-16/h3,5,7-11,18H,4,6,12-14H2,1-2H3. The zero-order valence-electron chi connectivity index (χ0n) is 18.2. The topological polar surface area (TPSA) is 73.8 Å². The molecule has 1 fully saturated rings. The summed E-state index contributed by atoms with van der Waals surface area (Å²) in [5, 5.41) is 0.790. The molecule has 0 aliphatic carbocycles. The number of rotatable bonds is 7. The highest BCUT2D eigenvalue weighted by atomic mass is 35.5. The van der Waals surface area contributed by atoms with E-state index < -0.39 is 21.9 Å². The number of carbonyl (C=O) groups excluding carboxylic acids is 1. The lowest BCUT2D eigenvalue weighted by molar-refractivity contribution is -0.121. The second-order valence-corrected chi connectivity index (χ2v) is 11.4. The summed E-state index contributed by atoms with van der Waals surface area (Å²) in [6.07, 6.45) is 0.975. The average Bonchev–Trinajstić information content (AvgIpc) is 3.42. The molecule has 1 aromatic heterocycles. The van der Waals surface area contributed by atoms with Gasteiger partial charge < -0.3 is 4.90 Å². The summed E-state index contributed by atoms with van der Waals surface area (Å²) >= 11 is 7.13. The van der Waals surface area contributed by atoms with Crippen molar-refractivity contribution in [3.8, 4) is 0 Å². The van der Waals surface area contributed by atoms with Gasteiger partial charge in [0.15, 0.2) is 5.13 Å². The molecular weight excluding hydrogens is 487 g/mol. The normalized spacial score (nSPS) is 17.2. The van der Waals surface area contributed by atoms with Crippen molar-refractivity contribution in [1.82, 2.24) is 14.2 Å². The predicted octanol–water partition coefficient (Wildman–Crippen LogP) is 3.84. The lowest BCUT2D eigenvalue weighted by Crippen LogP contribution is -2.49. The maximum absolute atomic E-state index is 14.2. The van der Waals surface area contributed by atoms with Crippen molar-refractivity contribution in [2.45, 2.75) is 23.8 Å². The van der Waals surface area contributed by atoms with E-state index in [1.807, 2.05) is 19.0 Å². The molecule has 1 unspecified atom stereocenters. The third-order valence-electron chi connectivity index (χ3n) is 5.54. The van der Waals surface area contributed by atoms with Crippen molar-refractivity contribution >= 4 is 54.2 Å². The Morgan fingerprint density at radius 3 is 2.61 bits per heavy atom. The van der Waals surface area contributed by atoms with Crippen LogP contribution >= 0.6 is 22.9 Å². The first-order valence-electron chi connectivity index (χ1n) is 10.5. The highest BCUT2D eigenvalue weighted by Gasteiger charge is 2.42. The number of carbonyl (C=O) groups is 1. The molecule has 1 amide bonds. The Labute approximate surface area is 201 Å². The minimum absolute atomic E-state index is 0.0912. The number of fused-ring (bicyclic) bond motifs is 1. The summed E-state index contributed by atoms with van der Waals surface area (Å²) in [7, 11) is -0.123. The van der Waals surface area contributed by atoms with Crippen LogP contribution in [0.25, 0.3) is 10.2 Å². The zero-order valence-corrected chi connectivity index (χ0v) is 20.6. The average molecular weight is 511 g/mol. The maximum atomic E-state index is 14.2. The molecule has 3 aromatic rings. The van der Waals surface area contributed by atoms with Gasteiger partial charge in [0.05, 0.1) is 9.60 Å². The second kappa shape index (κ2) is 9.63. The zero-order chi connectivity index (χ0) is 23.8. The highest BCUT2D eigenvalue weighted by molar-refractivity contribution is 7.89. The van der Waals surface area contributed by atoms with E-state index in [2.05, 4.69) is 4.98 Å². The molecule has 1 atom stereocenters. The summed E-state index contributed by atoms with van der Waals surface area (Å²) in [5.41, 5.74) is 0.206. The lowest BCUT2D eigenvalue weighted by atomic mass is 10.2. The summed E-state index contributed by atoms with van der Waals surface area (Å²) in [6.45, 7) is 1.09. The van der Waals surface area contributed by atoms with Crippen molar-refractivity contribution in [1.29, 1.82) is 0 Å². The van der Waals surface area contributed by atoms with Crippen LogP contribution in [0.4, 0.5) is 9.52 Å². The first-order valence-corrected chi connectivity index (χ1v) is 13.1. The molecular formula is C22H24ClFN4O3S2. The van der Waals surface area contributed by atoms with E-state index in [9.17, 15) is 17.6 Å². The fraction of sp³-hybridized carbons (Fsp3) is 0.364. The van der Waals surface area contributed by atoms with Gasteiger partial charge in [-0.05, 0) is 63.3 Å². The van der Waals surface area contributed by atoms with Gasteiger partial charge in [-0.15, -0.1) is 0 Å². The van der Waals surface area contributed by atoms with Crippen molar-refractivity contribution in [3.05, 3.63) is 53.3 Å². The van der Waals surface area contributed by atoms with Crippen molar-refractivity contribution in [2.75, 3.05) is 38.6 Å². The molecule has 0 spiro atoms. The quantitative estimate of drug-likeness (QED) is 0.483. The molecule has 11 heteroatoms. The van der Waals surface area contributed by atoms with Gasteiger partial charge >= 0.3 is 0 Å². The molecule has 1 aliphatic rings. The van der Waals surface area contributed by atoms with E-state index in [1.54, 1.807) is 12.1 Å². The summed E-state index contributed by atoms with van der Waals surface area (Å²) in [5.74, 6) is -0.811. The Balaban J connectivity index is 1.68. The number of thiazole rings is 1. The summed E-state index contributed by atoms with van der Waals surface area (Å²) < 4.78 is 42.8. The second-order valence-electron chi connectivity index (χ2n) is 8.10. The number of likely N-dealkylation sites (N-methyl/N-ethyl adjacent to an activating group) is 1. The molecule has 33 heavy (non-hydrogen) atoms. The number of halogens is 2. The molecule has 0 saturated carbocycles. The van der Waals surface area contributed by atoms with Gasteiger partial charge in [0, 0.05) is 24.7 Å². The summed E-state index contributed by atoms with van der Waals surface area (Å²) in [4.78, 5) is 21.6. The molecule has 0 N–H and O–H groups in total. The molecule has 1 aliphatic heterocycles. The van der Waals surface area contributed by atoms with Crippen molar-refractivity contribution in [2.24, 2.45) is 0 Å². The fourth-order valence-electron chi connectivity index (χ4n) is 3.82. The molecule has 0 radical (unpaired) electrons. The Morgan fingerprint density at radius 1 is 1.21 bits per heavy atom. The molecule has 176 valence electrons. The van der Waals surface area contributed by atoms with Crippen LogP contribution < -0.4 is 4.90 Å². The van der Waals surface area contributed by atoms with E-state index in [4.69, 9.17) is 11.6 Å². The molecule has 2 aromatic carbocycles. The van der Waals surface area contributed by atoms with Gasteiger partial charge in [0.2, 0.25) is 15.9 Å². The monoisotopic (exact) mass is 510 g/mol. The minimum Gasteiger partial charge on any atom is -0.308 e. The van der Waals surface area contributed by atoms with Gasteiger partial charge in [-0.3, -0.25) is 9.69 Å². The van der Waals surface area contributed by atoms with Crippen LogP contribution in [0.1, 0.15) is 12.8 Å². The van der Waals surface area contributed by atoms with Gasteiger partial charge in [-0.2, -0.15) is 4.31 Å². The number of amides is 1. The molecule has 0 bridgehead atoms. The van der Waals surface area contributed by atoms with E-state index in [0.717, 1.165) is 0 Å². The van der Waals surface area contributed by atoms with Gasteiger partial charge in [0.25, 0.3) is 0 Å². The molecule has 1 saturated heterocycles. The van der Waals surface area contributed by atoms with E-state index in [-0.39, 0.29) is 22.9 Å². The Morgan fingerprint density at radius 2 is 1.94 bits per heavy atom. The number of hydrogen-bond acceptors (Lipinski definition) is 6. The smallest absolute Gasteiger partial charge is 0.247 e. The Bertz CT molecular complexity index is 1260. The van der Waals surface area contributed by atoms with E-state index in [0.29, 0.717) is 40.8 Å². The van der Waals surface area contributed by atoms with Crippen molar-refractivity contribution < 1.29 is 17.6 Å². The van der Waals surface area contributed by atoms with Crippen LogP contribution in [0.5, 0.6) is 0 Å². The van der Waals surface area contributed by atoms with Gasteiger partial charge in [0.1, 0.15) is 17.4 Å². The number of nitrogens with zero attached hydrogens (tertiary/aromatic N) is 4. The number of benzene rings is 2. The SMILES string of the molecule is CN(C)CCN(C(=O)C1CCCN1S(=O)(=O)c1ccc(Cl)cc1)c1nc2c(F)cccc2s1. The largest absolute Gasteiger partial charge is 0.308 e. The number of aromatic nitrogens is 1. The molecule has 7 nitrogen and oxygen atoms in total. The van der Waals surface area contributed by atoms with E-state index >= 15 is 0 Å². The molecule has 2 heterocycles. The van der Waals surface area contributed by atoms with Gasteiger partial charge in [-0.25, -0.2) is 17.8 Å². The first-order chi connectivity index (χ1) is 15.7. The molecule has 4 rings (SSSR count). The maximum Gasteiger partial charge on any atom is 0.247 e. The number of anilines is 1. The van der Waals surface area contributed by atoms with Crippen LogP contribution in [-0.4, -0.2) is 68.3 Å². The number of hydrogen-bond donors (Lipinski definition) is 0. The Hall–Kier alpha value is -2.11. The van der Waals surface area contributed by atoms with Gasteiger partial charge in [-0.1, -0.05) is 29.0 Å². The Kier molecular flexibility index (Phi) is 7.01. The number of para-hydroxylation sites is 1. The fourth-order valence-corrected chi connectivity index (χ4v) is 6.60. The van der Waals surface area contributed by atoms with Crippen LogP contribution in [0, 0.1) is 5.82 Å². The third-order valence-corrected chi connectivity index (χ3v) is 8.75. The van der Waals surface area contributed by atoms with Crippen LogP contribution in [0.2, 0.25) is 5.02 Å².